The van der Waals surface area contributed by atoms with E-state index in [9.17, 15) is 4.39 Å². The predicted molar refractivity (Wildman–Crippen MR) is 80.8 cm³/mol. The van der Waals surface area contributed by atoms with E-state index in [0.717, 1.165) is 5.92 Å². The van der Waals surface area contributed by atoms with E-state index >= 15 is 0 Å². The zero-order valence-electron chi connectivity index (χ0n) is 11.9. The monoisotopic (exact) mass is 282 g/mol. The molecule has 1 N–H and O–H groups in total. The van der Waals surface area contributed by atoms with Crippen LogP contribution in [0.1, 0.15) is 30.7 Å². The molecule has 0 aromatic carbocycles. The van der Waals surface area contributed by atoms with Gasteiger partial charge in [-0.15, -0.1) is 0 Å². The van der Waals surface area contributed by atoms with Crippen molar-refractivity contribution in [1.82, 2.24) is 10.3 Å². The van der Waals surface area contributed by atoms with Crippen molar-refractivity contribution in [2.75, 3.05) is 0 Å². The lowest BCUT2D eigenvalue weighted by molar-refractivity contribution is 0.409. The van der Waals surface area contributed by atoms with Gasteiger partial charge in [0.25, 0.3) is 0 Å². The van der Waals surface area contributed by atoms with Gasteiger partial charge in [-0.05, 0) is 60.8 Å². The largest absolute Gasteiger partial charge is 0.365 e. The molecule has 2 nitrogen and oxygen atoms in total. The van der Waals surface area contributed by atoms with Crippen LogP contribution in [0.15, 0.2) is 54.5 Å². The van der Waals surface area contributed by atoms with E-state index in [1.807, 2.05) is 18.3 Å². The number of hydrogen-bond acceptors (Lipinski definition) is 2. The van der Waals surface area contributed by atoms with Gasteiger partial charge < -0.3 is 5.32 Å². The normalized spacial score (nSPS) is 33.7. The van der Waals surface area contributed by atoms with Crippen LogP contribution in [-0.2, 0) is 0 Å². The summed E-state index contributed by atoms with van der Waals surface area (Å²) in [4.78, 5) is 3.84. The molecule has 2 bridgehead atoms. The third-order valence-electron chi connectivity index (χ3n) is 5.30. The molecule has 4 rings (SSSR count). The van der Waals surface area contributed by atoms with Crippen molar-refractivity contribution in [3.63, 3.8) is 0 Å². The molecule has 2 heterocycles. The summed E-state index contributed by atoms with van der Waals surface area (Å²) >= 11 is 0. The maximum Gasteiger partial charge on any atom is 0.212 e. The van der Waals surface area contributed by atoms with E-state index in [0.29, 0.717) is 17.8 Å². The van der Waals surface area contributed by atoms with Gasteiger partial charge in [0, 0.05) is 24.0 Å². The van der Waals surface area contributed by atoms with E-state index in [4.69, 9.17) is 0 Å². The number of fused-ring (bicyclic) bond motifs is 2. The molecule has 0 radical (unpaired) electrons. The molecule has 2 aliphatic carbocycles. The Labute approximate surface area is 124 Å². The highest BCUT2D eigenvalue weighted by molar-refractivity contribution is 5.29. The molecule has 2 fully saturated rings. The Bertz CT molecular complexity index is 615. The van der Waals surface area contributed by atoms with Crippen LogP contribution < -0.4 is 5.32 Å². The summed E-state index contributed by atoms with van der Waals surface area (Å²) in [7, 11) is 0. The first-order valence-electron chi connectivity index (χ1n) is 7.74. The Kier molecular flexibility index (Phi) is 3.13. The number of pyridine rings is 1. The van der Waals surface area contributed by atoms with Crippen molar-refractivity contribution in [3.8, 4) is 0 Å². The standard InChI is InChI=1S/C18H19FN2/c19-17-8-6-13(11-21-17)15-10-12-5-7-14(15)18(12)16-4-2-1-3-9-20-16/h1-4,6,8-9,11-12,14-15,18,20H,5,7,10H2. The second-order valence-corrected chi connectivity index (χ2v) is 6.29. The highest BCUT2D eigenvalue weighted by Crippen LogP contribution is 2.58. The number of nitrogens with one attached hydrogen (secondary N) is 1. The minimum atomic E-state index is -0.387. The van der Waals surface area contributed by atoms with E-state index in [1.54, 1.807) is 6.20 Å². The first-order chi connectivity index (χ1) is 10.3. The fourth-order valence-electron chi connectivity index (χ4n) is 4.49. The zero-order valence-corrected chi connectivity index (χ0v) is 11.9. The smallest absolute Gasteiger partial charge is 0.212 e. The lowest BCUT2D eigenvalue weighted by Crippen LogP contribution is -2.20. The van der Waals surface area contributed by atoms with Gasteiger partial charge in [-0.25, -0.2) is 4.98 Å². The Balaban J connectivity index is 1.61. The summed E-state index contributed by atoms with van der Waals surface area (Å²) in [6, 6.07) is 3.41. The quantitative estimate of drug-likeness (QED) is 0.832. The fourth-order valence-corrected chi connectivity index (χ4v) is 4.49. The number of halogens is 1. The first-order valence-corrected chi connectivity index (χ1v) is 7.74. The van der Waals surface area contributed by atoms with Crippen LogP contribution in [0, 0.1) is 23.7 Å². The number of hydrogen-bond donors (Lipinski definition) is 1. The molecule has 1 aromatic rings. The number of allylic oxidation sites excluding steroid dienone is 5. The maximum atomic E-state index is 13.0. The third kappa shape index (κ3) is 2.21. The number of rotatable bonds is 2. The van der Waals surface area contributed by atoms with Gasteiger partial charge in [-0.1, -0.05) is 18.2 Å². The Hall–Kier alpha value is -1.90. The SMILES string of the molecule is Fc1ccc(C2CC3CCC2C3C2=CC=CC=CN2)cn1. The van der Waals surface area contributed by atoms with Crippen LogP contribution >= 0.6 is 0 Å². The van der Waals surface area contributed by atoms with Crippen molar-refractivity contribution < 1.29 is 4.39 Å². The molecule has 1 aliphatic heterocycles. The summed E-state index contributed by atoms with van der Waals surface area (Å²) in [5, 5.41) is 3.45. The summed E-state index contributed by atoms with van der Waals surface area (Å²) in [6.07, 6.45) is 15.9. The van der Waals surface area contributed by atoms with Gasteiger partial charge in [0.1, 0.15) is 0 Å². The Morgan fingerprint density at radius 1 is 1.14 bits per heavy atom. The van der Waals surface area contributed by atoms with Crippen LogP contribution in [0.3, 0.4) is 0 Å². The summed E-state index contributed by atoms with van der Waals surface area (Å²) in [5.74, 6) is 2.14. The van der Waals surface area contributed by atoms with E-state index in [1.165, 1.54) is 36.6 Å². The van der Waals surface area contributed by atoms with Crippen molar-refractivity contribution >= 4 is 0 Å². The molecule has 4 unspecified atom stereocenters. The number of aromatic nitrogens is 1. The molecule has 4 atom stereocenters. The molecular weight excluding hydrogens is 263 g/mol. The minimum Gasteiger partial charge on any atom is -0.365 e. The third-order valence-corrected chi connectivity index (χ3v) is 5.30. The molecule has 0 amide bonds. The zero-order chi connectivity index (χ0) is 14.2. The molecule has 3 aliphatic rings. The van der Waals surface area contributed by atoms with Crippen LogP contribution in [0.5, 0.6) is 0 Å². The topological polar surface area (TPSA) is 24.9 Å². The predicted octanol–water partition coefficient (Wildman–Crippen LogP) is 3.91. The van der Waals surface area contributed by atoms with Crippen molar-refractivity contribution in [2.45, 2.75) is 25.2 Å². The Morgan fingerprint density at radius 3 is 2.95 bits per heavy atom. The van der Waals surface area contributed by atoms with Crippen LogP contribution in [0.25, 0.3) is 0 Å². The second-order valence-electron chi connectivity index (χ2n) is 6.29. The van der Waals surface area contributed by atoms with Gasteiger partial charge in [0.05, 0.1) is 0 Å². The summed E-state index contributed by atoms with van der Waals surface area (Å²) in [6.45, 7) is 0. The van der Waals surface area contributed by atoms with Crippen molar-refractivity contribution in [3.05, 3.63) is 66.0 Å². The molecule has 0 saturated heterocycles. The average Bonchev–Trinajstić information content (AvgIpc) is 2.95. The van der Waals surface area contributed by atoms with Gasteiger partial charge in [-0.2, -0.15) is 4.39 Å². The second kappa shape index (κ2) is 5.14. The summed E-state index contributed by atoms with van der Waals surface area (Å²) in [5.41, 5.74) is 2.54. The van der Waals surface area contributed by atoms with Crippen molar-refractivity contribution in [2.24, 2.45) is 17.8 Å². The first kappa shape index (κ1) is 12.8. The molecule has 3 heteroatoms. The highest BCUT2D eigenvalue weighted by Gasteiger charge is 2.49. The van der Waals surface area contributed by atoms with Gasteiger partial charge in [0.15, 0.2) is 0 Å². The van der Waals surface area contributed by atoms with Gasteiger partial charge >= 0.3 is 0 Å². The van der Waals surface area contributed by atoms with E-state index in [-0.39, 0.29) is 5.95 Å². The molecule has 0 spiro atoms. The highest BCUT2D eigenvalue weighted by atomic mass is 19.1. The van der Waals surface area contributed by atoms with Crippen LogP contribution in [0.4, 0.5) is 4.39 Å². The molecule has 21 heavy (non-hydrogen) atoms. The lowest BCUT2D eigenvalue weighted by Gasteiger charge is -2.23. The van der Waals surface area contributed by atoms with Crippen LogP contribution in [0.2, 0.25) is 0 Å². The lowest BCUT2D eigenvalue weighted by atomic mass is 9.83. The van der Waals surface area contributed by atoms with Gasteiger partial charge in [-0.3, -0.25) is 0 Å². The fraction of sp³-hybridized carbons (Fsp3) is 0.389. The van der Waals surface area contributed by atoms with Crippen molar-refractivity contribution in [1.29, 1.82) is 0 Å². The molecular formula is C18H19FN2. The molecule has 2 saturated carbocycles. The number of nitrogens with zero attached hydrogens (tertiary/aromatic N) is 1. The van der Waals surface area contributed by atoms with E-state index in [2.05, 4.69) is 28.5 Å². The molecule has 108 valence electrons. The minimum absolute atomic E-state index is 0.387. The van der Waals surface area contributed by atoms with E-state index < -0.39 is 0 Å². The Morgan fingerprint density at radius 2 is 2.10 bits per heavy atom. The summed E-state index contributed by atoms with van der Waals surface area (Å²) < 4.78 is 13.0. The van der Waals surface area contributed by atoms with Crippen LogP contribution in [-0.4, -0.2) is 4.98 Å². The van der Waals surface area contributed by atoms with Gasteiger partial charge in [0.2, 0.25) is 5.95 Å². The molecule has 1 aromatic heterocycles. The average molecular weight is 282 g/mol. The maximum absolute atomic E-state index is 13.0.